The highest BCUT2D eigenvalue weighted by Gasteiger charge is 2.10. The van der Waals surface area contributed by atoms with Crippen molar-refractivity contribution in [2.24, 2.45) is 0 Å². The maximum atomic E-state index is 12.1. The van der Waals surface area contributed by atoms with Gasteiger partial charge in [0.2, 0.25) is 5.13 Å². The van der Waals surface area contributed by atoms with E-state index in [1.807, 2.05) is 0 Å². The lowest BCUT2D eigenvalue weighted by molar-refractivity contribution is 0.102. The van der Waals surface area contributed by atoms with Gasteiger partial charge in [0.25, 0.3) is 5.91 Å². The molecule has 0 saturated heterocycles. The first-order chi connectivity index (χ1) is 11.2. The molecule has 1 aromatic heterocycles. The Morgan fingerprint density at radius 1 is 1.09 bits per heavy atom. The number of anilines is 1. The average Bonchev–Trinajstić information content (AvgIpc) is 2.98. The second-order valence-electron chi connectivity index (χ2n) is 5.48. The van der Waals surface area contributed by atoms with Crippen molar-refractivity contribution in [1.82, 2.24) is 10.2 Å². The SMILES string of the molecule is CCCCCCCCc1nnc(NC(=O)c2ccc(Cl)cc2)s1. The number of hydrogen-bond acceptors (Lipinski definition) is 4. The summed E-state index contributed by atoms with van der Waals surface area (Å²) in [4.78, 5) is 12.1. The number of carbonyl (C=O) groups is 1. The fraction of sp³-hybridized carbons (Fsp3) is 0.471. The molecule has 0 bridgehead atoms. The molecule has 0 aliphatic heterocycles. The molecule has 1 amide bonds. The predicted octanol–water partition coefficient (Wildman–Crippen LogP) is 5.35. The van der Waals surface area contributed by atoms with E-state index in [4.69, 9.17) is 11.6 Å². The van der Waals surface area contributed by atoms with E-state index in [-0.39, 0.29) is 5.91 Å². The summed E-state index contributed by atoms with van der Waals surface area (Å²) in [5, 5.41) is 13.1. The quantitative estimate of drug-likeness (QED) is 0.620. The highest BCUT2D eigenvalue weighted by atomic mass is 35.5. The van der Waals surface area contributed by atoms with Gasteiger partial charge in [-0.05, 0) is 30.7 Å². The molecule has 2 aromatic rings. The maximum Gasteiger partial charge on any atom is 0.257 e. The molecule has 124 valence electrons. The number of hydrogen-bond donors (Lipinski definition) is 1. The molecule has 0 atom stereocenters. The standard InChI is InChI=1S/C17H22ClN3OS/c1-2-3-4-5-6-7-8-15-20-21-17(23-15)19-16(22)13-9-11-14(18)12-10-13/h9-12H,2-8H2,1H3,(H,19,21,22). The fourth-order valence-corrected chi connectivity index (χ4v) is 3.13. The summed E-state index contributed by atoms with van der Waals surface area (Å²) < 4.78 is 0. The molecule has 1 N–H and O–H groups in total. The van der Waals surface area contributed by atoms with E-state index in [0.29, 0.717) is 15.7 Å². The van der Waals surface area contributed by atoms with Gasteiger partial charge in [-0.1, -0.05) is 62.0 Å². The third-order valence-corrected chi connectivity index (χ3v) is 4.69. The minimum Gasteiger partial charge on any atom is -0.296 e. The van der Waals surface area contributed by atoms with Crippen LogP contribution in [-0.4, -0.2) is 16.1 Å². The third-order valence-electron chi connectivity index (χ3n) is 3.54. The van der Waals surface area contributed by atoms with Crippen molar-refractivity contribution >= 4 is 34.0 Å². The van der Waals surface area contributed by atoms with Gasteiger partial charge in [0.1, 0.15) is 5.01 Å². The molecule has 1 aromatic carbocycles. The molecule has 0 fully saturated rings. The molecular weight excluding hydrogens is 330 g/mol. The van der Waals surface area contributed by atoms with Gasteiger partial charge in [-0.25, -0.2) is 0 Å². The van der Waals surface area contributed by atoms with Crippen LogP contribution in [0, 0.1) is 0 Å². The number of carbonyl (C=O) groups excluding carboxylic acids is 1. The molecule has 0 unspecified atom stereocenters. The fourth-order valence-electron chi connectivity index (χ4n) is 2.23. The van der Waals surface area contributed by atoms with Gasteiger partial charge in [0, 0.05) is 17.0 Å². The minimum atomic E-state index is -0.191. The van der Waals surface area contributed by atoms with Gasteiger partial charge in [-0.3, -0.25) is 10.1 Å². The summed E-state index contributed by atoms with van der Waals surface area (Å²) in [5.74, 6) is -0.191. The lowest BCUT2D eigenvalue weighted by atomic mass is 10.1. The molecule has 0 spiro atoms. The smallest absolute Gasteiger partial charge is 0.257 e. The number of aryl methyl sites for hydroxylation is 1. The van der Waals surface area contributed by atoms with Crippen LogP contribution in [0.4, 0.5) is 5.13 Å². The third kappa shape index (κ3) is 6.28. The van der Waals surface area contributed by atoms with Gasteiger partial charge in [-0.15, -0.1) is 10.2 Å². The van der Waals surface area contributed by atoms with E-state index in [0.717, 1.165) is 17.8 Å². The molecule has 0 aliphatic rings. The van der Waals surface area contributed by atoms with Crippen LogP contribution in [-0.2, 0) is 6.42 Å². The summed E-state index contributed by atoms with van der Waals surface area (Å²) in [5.41, 5.74) is 0.557. The summed E-state index contributed by atoms with van der Waals surface area (Å²) >= 11 is 7.26. The van der Waals surface area contributed by atoms with E-state index in [1.54, 1.807) is 24.3 Å². The molecule has 0 radical (unpaired) electrons. The number of halogens is 1. The van der Waals surface area contributed by atoms with E-state index in [1.165, 1.54) is 43.4 Å². The highest BCUT2D eigenvalue weighted by Crippen LogP contribution is 2.19. The van der Waals surface area contributed by atoms with Gasteiger partial charge >= 0.3 is 0 Å². The van der Waals surface area contributed by atoms with Crippen LogP contribution in [0.1, 0.15) is 60.8 Å². The van der Waals surface area contributed by atoms with Gasteiger partial charge < -0.3 is 0 Å². The molecular formula is C17H22ClN3OS. The molecule has 1 heterocycles. The summed E-state index contributed by atoms with van der Waals surface area (Å²) in [6, 6.07) is 6.77. The minimum absolute atomic E-state index is 0.191. The Kier molecular flexibility index (Phi) is 7.49. The number of aromatic nitrogens is 2. The predicted molar refractivity (Wildman–Crippen MR) is 96.4 cm³/mol. The number of nitrogens with zero attached hydrogens (tertiary/aromatic N) is 2. The van der Waals surface area contributed by atoms with Crippen molar-refractivity contribution in [2.45, 2.75) is 51.9 Å². The molecule has 2 rings (SSSR count). The Balaban J connectivity index is 1.76. The molecule has 4 nitrogen and oxygen atoms in total. The number of nitrogens with one attached hydrogen (secondary N) is 1. The molecule has 23 heavy (non-hydrogen) atoms. The van der Waals surface area contributed by atoms with Crippen molar-refractivity contribution in [3.8, 4) is 0 Å². The zero-order chi connectivity index (χ0) is 16.5. The topological polar surface area (TPSA) is 54.9 Å². The van der Waals surface area contributed by atoms with Crippen molar-refractivity contribution in [3.63, 3.8) is 0 Å². The van der Waals surface area contributed by atoms with Gasteiger partial charge in [-0.2, -0.15) is 0 Å². The average molecular weight is 352 g/mol. The van der Waals surface area contributed by atoms with Crippen LogP contribution in [0.25, 0.3) is 0 Å². The number of benzene rings is 1. The van der Waals surface area contributed by atoms with Crippen LogP contribution in [0.3, 0.4) is 0 Å². The van der Waals surface area contributed by atoms with Crippen LogP contribution in [0.5, 0.6) is 0 Å². The summed E-state index contributed by atoms with van der Waals surface area (Å²) in [7, 11) is 0. The van der Waals surface area contributed by atoms with E-state index < -0.39 is 0 Å². The first-order valence-corrected chi connectivity index (χ1v) is 9.28. The zero-order valence-electron chi connectivity index (χ0n) is 13.3. The lowest BCUT2D eigenvalue weighted by Gasteiger charge is -2.00. The Bertz CT molecular complexity index is 613. The van der Waals surface area contributed by atoms with E-state index >= 15 is 0 Å². The van der Waals surface area contributed by atoms with Crippen LogP contribution in [0.15, 0.2) is 24.3 Å². The Hall–Kier alpha value is -1.46. The zero-order valence-corrected chi connectivity index (χ0v) is 14.9. The van der Waals surface area contributed by atoms with Crippen LogP contribution in [0.2, 0.25) is 5.02 Å². The summed E-state index contributed by atoms with van der Waals surface area (Å²) in [6.07, 6.45) is 8.48. The van der Waals surface area contributed by atoms with Gasteiger partial charge in [0.15, 0.2) is 0 Å². The lowest BCUT2D eigenvalue weighted by Crippen LogP contribution is -2.11. The van der Waals surface area contributed by atoms with Crippen LogP contribution < -0.4 is 5.32 Å². The number of rotatable bonds is 9. The van der Waals surface area contributed by atoms with Crippen molar-refractivity contribution < 1.29 is 4.79 Å². The number of unbranched alkanes of at least 4 members (excludes halogenated alkanes) is 5. The highest BCUT2D eigenvalue weighted by molar-refractivity contribution is 7.15. The molecule has 0 saturated carbocycles. The Morgan fingerprint density at radius 2 is 1.78 bits per heavy atom. The Labute approximate surface area is 146 Å². The second kappa shape index (κ2) is 9.63. The maximum absolute atomic E-state index is 12.1. The summed E-state index contributed by atoms with van der Waals surface area (Å²) in [6.45, 7) is 2.22. The first-order valence-electron chi connectivity index (χ1n) is 8.08. The first kappa shape index (κ1) is 17.9. The number of amides is 1. The van der Waals surface area contributed by atoms with Crippen molar-refractivity contribution in [1.29, 1.82) is 0 Å². The Morgan fingerprint density at radius 3 is 2.52 bits per heavy atom. The van der Waals surface area contributed by atoms with Crippen molar-refractivity contribution in [3.05, 3.63) is 39.9 Å². The van der Waals surface area contributed by atoms with Gasteiger partial charge in [0.05, 0.1) is 0 Å². The van der Waals surface area contributed by atoms with E-state index in [9.17, 15) is 4.79 Å². The van der Waals surface area contributed by atoms with Crippen LogP contribution >= 0.6 is 22.9 Å². The molecule has 0 aliphatic carbocycles. The monoisotopic (exact) mass is 351 g/mol. The largest absolute Gasteiger partial charge is 0.296 e. The van der Waals surface area contributed by atoms with E-state index in [2.05, 4.69) is 22.4 Å². The molecule has 6 heteroatoms. The normalized spacial score (nSPS) is 10.7. The van der Waals surface area contributed by atoms with Crippen molar-refractivity contribution in [2.75, 3.05) is 5.32 Å². The second-order valence-corrected chi connectivity index (χ2v) is 6.98.